The Morgan fingerprint density at radius 1 is 1.09 bits per heavy atom. The molecule has 184 valence electrons. The molecule has 0 radical (unpaired) electrons. The first kappa shape index (κ1) is 24.6. The molecule has 8 nitrogen and oxygen atoms in total. The fourth-order valence-electron chi connectivity index (χ4n) is 4.45. The third-order valence-corrected chi connectivity index (χ3v) is 8.54. The van der Waals surface area contributed by atoms with Gasteiger partial charge < -0.3 is 15.0 Å². The zero-order valence-electron chi connectivity index (χ0n) is 19.9. The molecule has 1 aromatic heterocycles. The van der Waals surface area contributed by atoms with Gasteiger partial charge in [-0.2, -0.15) is 4.31 Å². The molecule has 0 bridgehead atoms. The summed E-state index contributed by atoms with van der Waals surface area (Å²) >= 11 is 0. The van der Waals surface area contributed by atoms with E-state index in [9.17, 15) is 13.2 Å². The van der Waals surface area contributed by atoms with Crippen molar-refractivity contribution in [1.82, 2.24) is 14.6 Å². The van der Waals surface area contributed by atoms with Crippen LogP contribution in [0, 0.1) is 5.92 Å². The van der Waals surface area contributed by atoms with E-state index < -0.39 is 10.0 Å². The number of hydrogen-bond donors (Lipinski definition) is 1. The summed E-state index contributed by atoms with van der Waals surface area (Å²) in [4.78, 5) is 19.4. The lowest BCUT2D eigenvalue weighted by Crippen LogP contribution is -2.43. The summed E-state index contributed by atoms with van der Waals surface area (Å²) in [7, 11) is -3.65. The van der Waals surface area contributed by atoms with Gasteiger partial charge in [0.25, 0.3) is 0 Å². The zero-order valence-corrected chi connectivity index (χ0v) is 20.8. The second-order valence-corrected chi connectivity index (χ2v) is 11.1. The first-order valence-electron chi connectivity index (χ1n) is 12.0. The van der Waals surface area contributed by atoms with Gasteiger partial charge in [0.2, 0.25) is 15.9 Å². The van der Waals surface area contributed by atoms with Crippen molar-refractivity contribution in [3.05, 3.63) is 53.7 Å². The van der Waals surface area contributed by atoms with Crippen LogP contribution in [-0.2, 0) is 26.1 Å². The minimum absolute atomic E-state index is 0.0507. The Morgan fingerprint density at radius 3 is 2.41 bits per heavy atom. The van der Waals surface area contributed by atoms with E-state index in [1.807, 2.05) is 4.90 Å². The van der Waals surface area contributed by atoms with Gasteiger partial charge in [-0.05, 0) is 42.0 Å². The Kier molecular flexibility index (Phi) is 7.85. The number of ether oxygens (including phenoxy) is 1. The molecule has 0 unspecified atom stereocenters. The number of carbonyl (C=O) groups excluding carboxylic acids is 1. The van der Waals surface area contributed by atoms with E-state index in [-0.39, 0.29) is 16.7 Å². The number of pyridine rings is 1. The number of nitrogens with one attached hydrogen (secondary N) is 1. The summed E-state index contributed by atoms with van der Waals surface area (Å²) in [6.45, 7) is 7.50. The van der Waals surface area contributed by atoms with Gasteiger partial charge >= 0.3 is 0 Å². The fraction of sp³-hybridized carbons (Fsp3) is 0.520. The normalized spacial score (nSPS) is 18.3. The number of piperidine rings is 1. The van der Waals surface area contributed by atoms with Gasteiger partial charge in [-0.25, -0.2) is 13.4 Å². The maximum absolute atomic E-state index is 13.2. The fourth-order valence-corrected chi connectivity index (χ4v) is 6.03. The molecule has 0 atom stereocenters. The van der Waals surface area contributed by atoms with Gasteiger partial charge in [0.1, 0.15) is 10.7 Å². The maximum Gasteiger partial charge on any atom is 0.246 e. The van der Waals surface area contributed by atoms with Crippen molar-refractivity contribution in [3.8, 4) is 0 Å². The summed E-state index contributed by atoms with van der Waals surface area (Å²) < 4.78 is 33.2. The Labute approximate surface area is 202 Å². The number of nitrogens with zero attached hydrogens (tertiary/aromatic N) is 3. The van der Waals surface area contributed by atoms with Crippen LogP contribution in [0.25, 0.3) is 0 Å². The molecule has 1 aromatic carbocycles. The van der Waals surface area contributed by atoms with Crippen LogP contribution < -0.4 is 10.2 Å². The number of morpholine rings is 1. The molecule has 1 N–H and O–H groups in total. The summed E-state index contributed by atoms with van der Waals surface area (Å²) in [6.07, 6.45) is 2.94. The van der Waals surface area contributed by atoms with Gasteiger partial charge in [-0.3, -0.25) is 4.79 Å². The number of carbonyl (C=O) groups is 1. The van der Waals surface area contributed by atoms with E-state index in [1.165, 1.54) is 9.87 Å². The number of hydrogen-bond acceptors (Lipinski definition) is 6. The van der Waals surface area contributed by atoms with E-state index >= 15 is 0 Å². The second kappa shape index (κ2) is 10.8. The van der Waals surface area contributed by atoms with Crippen LogP contribution in [0.5, 0.6) is 0 Å². The van der Waals surface area contributed by atoms with Crippen molar-refractivity contribution in [1.29, 1.82) is 0 Å². The van der Waals surface area contributed by atoms with Crippen molar-refractivity contribution in [2.75, 3.05) is 44.3 Å². The van der Waals surface area contributed by atoms with Crippen LogP contribution in [0.15, 0.2) is 47.5 Å². The number of amides is 1. The summed E-state index contributed by atoms with van der Waals surface area (Å²) in [5.74, 6) is 0.916. The largest absolute Gasteiger partial charge is 0.379 e. The van der Waals surface area contributed by atoms with Crippen LogP contribution in [-0.4, -0.2) is 63.0 Å². The van der Waals surface area contributed by atoms with Crippen molar-refractivity contribution in [3.63, 3.8) is 0 Å². The second-order valence-electron chi connectivity index (χ2n) is 9.22. The SMILES string of the molecule is CC(C)c1ccc(CNC(=O)C2CCN(c3ncccc3S(=O)(=O)N3CCOCC3)CC2)cc1. The highest BCUT2D eigenvalue weighted by Gasteiger charge is 2.33. The minimum Gasteiger partial charge on any atom is -0.379 e. The molecule has 4 rings (SSSR count). The van der Waals surface area contributed by atoms with Crippen molar-refractivity contribution >= 4 is 21.7 Å². The number of anilines is 1. The third kappa shape index (κ3) is 5.59. The van der Waals surface area contributed by atoms with E-state index in [0.29, 0.717) is 70.5 Å². The van der Waals surface area contributed by atoms with E-state index in [2.05, 4.69) is 48.4 Å². The molecule has 3 heterocycles. The Hall–Kier alpha value is -2.49. The summed E-state index contributed by atoms with van der Waals surface area (Å²) in [6, 6.07) is 11.6. The number of benzene rings is 1. The molecule has 9 heteroatoms. The van der Waals surface area contributed by atoms with Gasteiger partial charge in [-0.1, -0.05) is 38.1 Å². The Balaban J connectivity index is 1.35. The lowest BCUT2D eigenvalue weighted by Gasteiger charge is -2.34. The number of rotatable bonds is 7. The highest BCUT2D eigenvalue weighted by Crippen LogP contribution is 2.29. The minimum atomic E-state index is -3.65. The molecule has 2 fully saturated rings. The number of aromatic nitrogens is 1. The molecule has 1 amide bonds. The molecule has 2 aromatic rings. The lowest BCUT2D eigenvalue weighted by atomic mass is 9.95. The number of sulfonamides is 1. The molecule has 2 aliphatic heterocycles. The molecular formula is C25H34N4O4S. The predicted molar refractivity (Wildman–Crippen MR) is 131 cm³/mol. The molecule has 0 saturated carbocycles. The van der Waals surface area contributed by atoms with Gasteiger partial charge in [-0.15, -0.1) is 0 Å². The van der Waals surface area contributed by atoms with Crippen molar-refractivity contribution in [2.24, 2.45) is 5.92 Å². The quantitative estimate of drug-likeness (QED) is 0.647. The average Bonchev–Trinajstić information content (AvgIpc) is 2.88. The molecule has 34 heavy (non-hydrogen) atoms. The molecule has 0 aliphatic carbocycles. The monoisotopic (exact) mass is 486 g/mol. The van der Waals surface area contributed by atoms with Crippen LogP contribution in [0.2, 0.25) is 0 Å². The molecular weight excluding hydrogens is 452 g/mol. The van der Waals surface area contributed by atoms with Crippen LogP contribution in [0.4, 0.5) is 5.82 Å². The van der Waals surface area contributed by atoms with Crippen molar-refractivity contribution in [2.45, 2.75) is 44.0 Å². The first-order chi connectivity index (χ1) is 16.4. The zero-order chi connectivity index (χ0) is 24.1. The van der Waals surface area contributed by atoms with Gasteiger partial charge in [0.05, 0.1) is 13.2 Å². The van der Waals surface area contributed by atoms with E-state index in [0.717, 1.165) is 5.56 Å². The van der Waals surface area contributed by atoms with Crippen molar-refractivity contribution < 1.29 is 17.9 Å². The topological polar surface area (TPSA) is 91.8 Å². The first-order valence-corrected chi connectivity index (χ1v) is 13.4. The average molecular weight is 487 g/mol. The lowest BCUT2D eigenvalue weighted by molar-refractivity contribution is -0.125. The van der Waals surface area contributed by atoms with Crippen LogP contribution >= 0.6 is 0 Å². The standard InChI is InChI=1S/C25H34N4O4S/c1-19(2)21-7-5-20(6-8-21)18-27-25(30)22-9-12-28(13-10-22)24-23(4-3-11-26-24)34(31,32)29-14-16-33-17-15-29/h3-8,11,19,22H,9-10,12-18H2,1-2H3,(H,27,30). The Bertz CT molecular complexity index is 1070. The predicted octanol–water partition coefficient (Wildman–Crippen LogP) is 2.76. The summed E-state index contributed by atoms with van der Waals surface area (Å²) in [5, 5.41) is 3.06. The Morgan fingerprint density at radius 2 is 1.76 bits per heavy atom. The maximum atomic E-state index is 13.2. The highest BCUT2D eigenvalue weighted by molar-refractivity contribution is 7.89. The molecule has 0 spiro atoms. The highest BCUT2D eigenvalue weighted by atomic mass is 32.2. The van der Waals surface area contributed by atoms with E-state index in [1.54, 1.807) is 18.3 Å². The van der Waals surface area contributed by atoms with E-state index in [4.69, 9.17) is 4.74 Å². The smallest absolute Gasteiger partial charge is 0.246 e. The molecule has 2 aliphatic rings. The van der Waals surface area contributed by atoms with Crippen LogP contribution in [0.3, 0.4) is 0 Å². The van der Waals surface area contributed by atoms with Crippen LogP contribution in [0.1, 0.15) is 43.7 Å². The third-order valence-electron chi connectivity index (χ3n) is 6.62. The molecule has 2 saturated heterocycles. The van der Waals surface area contributed by atoms with Gasteiger partial charge in [0.15, 0.2) is 0 Å². The summed E-state index contributed by atoms with van der Waals surface area (Å²) in [5.41, 5.74) is 2.37. The van der Waals surface area contributed by atoms with Gasteiger partial charge in [0, 0.05) is 44.8 Å².